The third-order valence-electron chi connectivity index (χ3n) is 5.07. The monoisotopic (exact) mass is 393 g/mol. The average Bonchev–Trinajstić information content (AvgIpc) is 2.99. The molecule has 0 bridgehead atoms. The lowest BCUT2D eigenvalue weighted by atomic mass is 10.1. The maximum atomic E-state index is 12.8. The minimum Gasteiger partial charge on any atom is -0.466 e. The van der Waals surface area contributed by atoms with E-state index in [0.29, 0.717) is 30.8 Å². The Morgan fingerprint density at radius 1 is 1.11 bits per heavy atom. The van der Waals surface area contributed by atoms with Crippen LogP contribution in [0.1, 0.15) is 75.3 Å². The van der Waals surface area contributed by atoms with Gasteiger partial charge in [0.05, 0.1) is 5.56 Å². The van der Waals surface area contributed by atoms with Gasteiger partial charge in [0.2, 0.25) is 5.91 Å². The Hall–Kier alpha value is -1.82. The number of hydrogen-bond donors (Lipinski definition) is 1. The second-order valence-electron chi connectivity index (χ2n) is 7.51. The van der Waals surface area contributed by atoms with E-state index in [0.717, 1.165) is 44.7 Å². The number of carbonyl (C=O) groups is 2. The Kier molecular flexibility index (Phi) is 10.9. The highest BCUT2D eigenvalue weighted by atomic mass is 16.3. The molecule has 28 heavy (non-hydrogen) atoms. The van der Waals surface area contributed by atoms with Crippen molar-refractivity contribution in [1.82, 2.24) is 15.1 Å². The van der Waals surface area contributed by atoms with Gasteiger partial charge in [0, 0.05) is 25.6 Å². The molecule has 160 valence electrons. The van der Waals surface area contributed by atoms with E-state index in [-0.39, 0.29) is 17.9 Å². The van der Waals surface area contributed by atoms with Gasteiger partial charge in [-0.1, -0.05) is 20.8 Å². The van der Waals surface area contributed by atoms with Crippen molar-refractivity contribution in [1.29, 1.82) is 0 Å². The second kappa shape index (κ2) is 12.6. The van der Waals surface area contributed by atoms with Crippen molar-refractivity contribution in [3.05, 3.63) is 23.2 Å². The van der Waals surface area contributed by atoms with Crippen LogP contribution in [0.5, 0.6) is 0 Å². The summed E-state index contributed by atoms with van der Waals surface area (Å²) in [6, 6.07) is 1.93. The number of nitrogens with zero attached hydrogens (tertiary/aromatic N) is 2. The molecule has 0 fully saturated rings. The average molecular weight is 394 g/mol. The number of furan rings is 1. The number of nitrogens with one attached hydrogen (secondary N) is 1. The molecule has 0 aromatic carbocycles. The first kappa shape index (κ1) is 24.2. The topological polar surface area (TPSA) is 65.8 Å². The van der Waals surface area contributed by atoms with Gasteiger partial charge < -0.3 is 19.5 Å². The van der Waals surface area contributed by atoms with Crippen molar-refractivity contribution in [3.63, 3.8) is 0 Å². The molecule has 1 aromatic heterocycles. The summed E-state index contributed by atoms with van der Waals surface area (Å²) >= 11 is 0. The Labute approximate surface area is 170 Å². The Morgan fingerprint density at radius 2 is 1.79 bits per heavy atom. The molecular formula is C22H39N3O3. The molecule has 1 heterocycles. The maximum absolute atomic E-state index is 12.8. The summed E-state index contributed by atoms with van der Waals surface area (Å²) in [5.74, 6) is 1.31. The van der Waals surface area contributed by atoms with Crippen molar-refractivity contribution in [2.45, 2.75) is 73.3 Å². The fourth-order valence-electron chi connectivity index (χ4n) is 3.41. The van der Waals surface area contributed by atoms with E-state index in [2.05, 4.69) is 24.1 Å². The van der Waals surface area contributed by atoms with Crippen LogP contribution in [-0.2, 0) is 4.79 Å². The van der Waals surface area contributed by atoms with Crippen molar-refractivity contribution in [2.75, 3.05) is 32.7 Å². The molecule has 6 heteroatoms. The first-order valence-electron chi connectivity index (χ1n) is 10.7. The lowest BCUT2D eigenvalue weighted by Crippen LogP contribution is -2.38. The van der Waals surface area contributed by atoms with Gasteiger partial charge in [-0.05, 0) is 65.7 Å². The Balaban J connectivity index is 2.46. The van der Waals surface area contributed by atoms with E-state index >= 15 is 0 Å². The normalized spacial score (nSPS) is 12.2. The molecule has 0 saturated carbocycles. The standard InChI is InChI=1S/C22H39N3O3/c1-7-13-25(22(27)20-16-18(5)28-19(20)6)15-12-21(26)23-17(4)11-10-14-24(8-2)9-3/h16-17H,7-15H2,1-6H3,(H,23,26). The van der Waals surface area contributed by atoms with Crippen molar-refractivity contribution < 1.29 is 14.0 Å². The molecule has 1 N–H and O–H groups in total. The van der Waals surface area contributed by atoms with Crippen LogP contribution in [-0.4, -0.2) is 60.4 Å². The highest BCUT2D eigenvalue weighted by molar-refractivity contribution is 5.95. The Morgan fingerprint density at radius 3 is 2.32 bits per heavy atom. The van der Waals surface area contributed by atoms with Crippen LogP contribution >= 0.6 is 0 Å². The Bertz CT molecular complexity index is 608. The van der Waals surface area contributed by atoms with Gasteiger partial charge in [0.1, 0.15) is 11.5 Å². The number of carbonyl (C=O) groups excluding carboxylic acids is 2. The van der Waals surface area contributed by atoms with E-state index in [9.17, 15) is 9.59 Å². The fourth-order valence-corrected chi connectivity index (χ4v) is 3.41. The molecule has 1 unspecified atom stereocenters. The summed E-state index contributed by atoms with van der Waals surface area (Å²) in [6.45, 7) is 16.3. The van der Waals surface area contributed by atoms with Gasteiger partial charge in [-0.2, -0.15) is 0 Å². The minimum absolute atomic E-state index is 0.00402. The smallest absolute Gasteiger partial charge is 0.257 e. The van der Waals surface area contributed by atoms with Crippen molar-refractivity contribution in [2.24, 2.45) is 0 Å². The van der Waals surface area contributed by atoms with E-state index in [1.54, 1.807) is 17.9 Å². The first-order valence-corrected chi connectivity index (χ1v) is 10.7. The SMILES string of the molecule is CCCN(CCC(=O)NC(C)CCCN(CC)CC)C(=O)c1cc(C)oc1C. The summed E-state index contributed by atoms with van der Waals surface area (Å²) in [4.78, 5) is 29.3. The molecule has 6 nitrogen and oxygen atoms in total. The zero-order chi connectivity index (χ0) is 21.1. The van der Waals surface area contributed by atoms with Gasteiger partial charge in [-0.3, -0.25) is 9.59 Å². The summed E-state index contributed by atoms with van der Waals surface area (Å²) < 4.78 is 5.48. The zero-order valence-electron chi connectivity index (χ0n) is 18.6. The lowest BCUT2D eigenvalue weighted by molar-refractivity contribution is -0.121. The molecule has 1 rings (SSSR count). The van der Waals surface area contributed by atoms with Crippen LogP contribution in [0.2, 0.25) is 0 Å². The van der Waals surface area contributed by atoms with E-state index < -0.39 is 0 Å². The lowest BCUT2D eigenvalue weighted by Gasteiger charge is -2.23. The molecule has 0 saturated heterocycles. The molecule has 2 amide bonds. The highest BCUT2D eigenvalue weighted by Crippen LogP contribution is 2.16. The van der Waals surface area contributed by atoms with Gasteiger partial charge >= 0.3 is 0 Å². The minimum atomic E-state index is -0.0590. The summed E-state index contributed by atoms with van der Waals surface area (Å²) in [6.07, 6.45) is 3.21. The van der Waals surface area contributed by atoms with Crippen LogP contribution in [0.25, 0.3) is 0 Å². The van der Waals surface area contributed by atoms with Crippen LogP contribution in [0.3, 0.4) is 0 Å². The predicted molar refractivity (Wildman–Crippen MR) is 114 cm³/mol. The molecule has 1 aromatic rings. The summed E-state index contributed by atoms with van der Waals surface area (Å²) in [5, 5.41) is 3.07. The predicted octanol–water partition coefficient (Wildman–Crippen LogP) is 3.77. The van der Waals surface area contributed by atoms with Gasteiger partial charge in [0.15, 0.2) is 0 Å². The summed E-state index contributed by atoms with van der Waals surface area (Å²) in [7, 11) is 0. The van der Waals surface area contributed by atoms with E-state index in [1.807, 2.05) is 20.8 Å². The number of hydrogen-bond acceptors (Lipinski definition) is 4. The van der Waals surface area contributed by atoms with Crippen molar-refractivity contribution in [3.8, 4) is 0 Å². The van der Waals surface area contributed by atoms with Crippen LogP contribution in [0, 0.1) is 13.8 Å². The number of aryl methyl sites for hydroxylation is 2. The maximum Gasteiger partial charge on any atom is 0.257 e. The molecule has 0 aliphatic carbocycles. The molecule has 1 atom stereocenters. The number of amides is 2. The van der Waals surface area contributed by atoms with Gasteiger partial charge in [-0.15, -0.1) is 0 Å². The number of rotatable bonds is 13. The molecule has 0 aliphatic heterocycles. The first-order chi connectivity index (χ1) is 13.3. The molecule has 0 radical (unpaired) electrons. The fraction of sp³-hybridized carbons (Fsp3) is 0.727. The van der Waals surface area contributed by atoms with E-state index in [4.69, 9.17) is 4.42 Å². The summed E-state index contributed by atoms with van der Waals surface area (Å²) in [5.41, 5.74) is 0.594. The second-order valence-corrected chi connectivity index (χ2v) is 7.51. The third kappa shape index (κ3) is 8.05. The van der Waals surface area contributed by atoms with Crippen molar-refractivity contribution >= 4 is 11.8 Å². The van der Waals surface area contributed by atoms with Crippen LogP contribution in [0.4, 0.5) is 0 Å². The van der Waals surface area contributed by atoms with E-state index in [1.165, 1.54) is 0 Å². The zero-order valence-corrected chi connectivity index (χ0v) is 18.6. The van der Waals surface area contributed by atoms with Crippen LogP contribution in [0.15, 0.2) is 10.5 Å². The van der Waals surface area contributed by atoms with Crippen LogP contribution < -0.4 is 5.32 Å². The molecule has 0 spiro atoms. The molecule has 0 aliphatic rings. The molecular weight excluding hydrogens is 354 g/mol. The highest BCUT2D eigenvalue weighted by Gasteiger charge is 2.21. The third-order valence-corrected chi connectivity index (χ3v) is 5.07. The van der Waals surface area contributed by atoms with Gasteiger partial charge in [0.25, 0.3) is 5.91 Å². The van der Waals surface area contributed by atoms with Gasteiger partial charge in [-0.25, -0.2) is 0 Å². The largest absolute Gasteiger partial charge is 0.466 e. The quantitative estimate of drug-likeness (QED) is 0.554.